The van der Waals surface area contributed by atoms with Gasteiger partial charge >= 0.3 is 0 Å². The number of rotatable bonds is 3. The van der Waals surface area contributed by atoms with Crippen molar-refractivity contribution in [1.82, 2.24) is 29.8 Å². The van der Waals surface area contributed by atoms with Crippen molar-refractivity contribution >= 4 is 43.3 Å². The number of fused-ring (bicyclic) bond motifs is 2. The summed E-state index contributed by atoms with van der Waals surface area (Å²) in [5.41, 5.74) is 5.37. The van der Waals surface area contributed by atoms with Crippen molar-refractivity contribution in [2.75, 3.05) is 0 Å². The predicted molar refractivity (Wildman–Crippen MR) is 111 cm³/mol. The lowest BCUT2D eigenvalue weighted by atomic mass is 9.92. The number of hydrogen-bond donors (Lipinski definition) is 0. The van der Waals surface area contributed by atoms with Crippen LogP contribution in [0.3, 0.4) is 0 Å². The number of thiazole rings is 1. The highest BCUT2D eigenvalue weighted by Crippen LogP contribution is 2.45. The van der Waals surface area contributed by atoms with Gasteiger partial charge in [-0.2, -0.15) is 9.61 Å². The summed E-state index contributed by atoms with van der Waals surface area (Å²) in [6.07, 6.45) is 5.98. The number of nitrogens with zero attached hydrogens (tertiary/aromatic N) is 6. The first kappa shape index (κ1) is 16.0. The van der Waals surface area contributed by atoms with E-state index in [0.717, 1.165) is 37.3 Å². The Balaban J connectivity index is 1.50. The Morgan fingerprint density at radius 3 is 2.64 bits per heavy atom. The molecule has 0 amide bonds. The molecule has 134 valence electrons. The number of allylic oxidation sites excluding steroid dienone is 2. The van der Waals surface area contributed by atoms with Crippen molar-refractivity contribution in [3.05, 3.63) is 82.2 Å². The fourth-order valence-electron chi connectivity index (χ4n) is 3.37. The zero-order valence-corrected chi connectivity index (χ0v) is 16.7. The molecule has 8 heteroatoms. The normalized spacial score (nSPS) is 14.8. The van der Waals surface area contributed by atoms with Crippen LogP contribution in [0.1, 0.15) is 11.4 Å². The fourth-order valence-corrected chi connectivity index (χ4v) is 4.35. The molecule has 0 fully saturated rings. The topological polar surface area (TPSA) is 68.9 Å². The highest BCUT2D eigenvalue weighted by atomic mass is 79.9. The summed E-state index contributed by atoms with van der Waals surface area (Å²) in [4.78, 5) is 8.82. The van der Waals surface area contributed by atoms with Crippen molar-refractivity contribution in [3.8, 4) is 11.3 Å². The van der Waals surface area contributed by atoms with Gasteiger partial charge in [0.05, 0.1) is 27.3 Å². The summed E-state index contributed by atoms with van der Waals surface area (Å²) in [5.74, 6) is 1.24. The second-order valence-electron chi connectivity index (χ2n) is 6.62. The van der Waals surface area contributed by atoms with E-state index in [-0.39, 0.29) is 0 Å². The minimum Gasteiger partial charge on any atom is -0.245 e. The van der Waals surface area contributed by atoms with Crippen molar-refractivity contribution in [1.29, 1.82) is 0 Å². The molecule has 0 saturated heterocycles. The molecule has 3 aromatic heterocycles. The molecular weight excluding hydrogens is 436 g/mol. The maximum atomic E-state index is 4.78. The van der Waals surface area contributed by atoms with E-state index in [1.165, 1.54) is 0 Å². The van der Waals surface area contributed by atoms with Crippen LogP contribution in [-0.2, 0) is 5.41 Å². The Morgan fingerprint density at radius 1 is 0.964 bits per heavy atom. The molecule has 0 unspecified atom stereocenters. The number of halogens is 1. The Hall–Kier alpha value is -2.97. The molecule has 1 aliphatic carbocycles. The third-order valence-electron chi connectivity index (χ3n) is 4.95. The molecule has 3 heterocycles. The van der Waals surface area contributed by atoms with Crippen LogP contribution in [0.25, 0.3) is 27.3 Å². The summed E-state index contributed by atoms with van der Waals surface area (Å²) in [5, 5.41) is 13.4. The number of aromatic nitrogens is 6. The Kier molecular flexibility index (Phi) is 3.30. The third kappa shape index (κ3) is 2.35. The van der Waals surface area contributed by atoms with Crippen LogP contribution in [0, 0.1) is 0 Å². The molecule has 6 rings (SSSR count). The highest BCUT2D eigenvalue weighted by molar-refractivity contribution is 9.10. The van der Waals surface area contributed by atoms with Crippen LogP contribution in [0.2, 0.25) is 0 Å². The van der Waals surface area contributed by atoms with E-state index in [9.17, 15) is 0 Å². The molecular formula is C20H11BrN6S. The van der Waals surface area contributed by atoms with Gasteiger partial charge in [-0.15, -0.1) is 21.5 Å². The maximum Gasteiger partial charge on any atom is 0.271 e. The zero-order chi connectivity index (χ0) is 18.7. The molecule has 0 saturated carbocycles. The quantitative estimate of drug-likeness (QED) is 0.383. The smallest absolute Gasteiger partial charge is 0.245 e. The van der Waals surface area contributed by atoms with Gasteiger partial charge in [-0.3, -0.25) is 0 Å². The van der Waals surface area contributed by atoms with Crippen LogP contribution >= 0.6 is 27.3 Å². The molecule has 1 aliphatic rings. The minimum atomic E-state index is -0.398. The second-order valence-corrected chi connectivity index (χ2v) is 8.42. The Bertz CT molecular complexity index is 1380. The largest absolute Gasteiger partial charge is 0.271 e. The first-order chi connectivity index (χ1) is 13.7. The predicted octanol–water partition coefficient (Wildman–Crippen LogP) is 4.41. The highest BCUT2D eigenvalue weighted by Gasteiger charge is 2.43. The van der Waals surface area contributed by atoms with E-state index in [0.29, 0.717) is 5.78 Å². The van der Waals surface area contributed by atoms with E-state index in [1.54, 1.807) is 22.0 Å². The lowest BCUT2D eigenvalue weighted by molar-refractivity contribution is 0.745. The minimum absolute atomic E-state index is 0.398. The molecule has 6 nitrogen and oxygen atoms in total. The van der Waals surface area contributed by atoms with Gasteiger partial charge in [0.25, 0.3) is 5.78 Å². The summed E-state index contributed by atoms with van der Waals surface area (Å²) < 4.78 is 3.92. The van der Waals surface area contributed by atoms with Crippen LogP contribution in [0.15, 0.2) is 70.8 Å². The maximum absolute atomic E-state index is 4.78. The van der Waals surface area contributed by atoms with Gasteiger partial charge in [0, 0.05) is 10.0 Å². The second kappa shape index (κ2) is 5.76. The molecule has 2 aromatic carbocycles. The number of hydrogen-bond acceptors (Lipinski definition) is 6. The van der Waals surface area contributed by atoms with Crippen LogP contribution in [0.5, 0.6) is 0 Å². The summed E-state index contributed by atoms with van der Waals surface area (Å²) in [7, 11) is 0. The lowest BCUT2D eigenvalue weighted by Gasteiger charge is -2.14. The van der Waals surface area contributed by atoms with Crippen molar-refractivity contribution in [2.24, 2.45) is 0 Å². The van der Waals surface area contributed by atoms with Crippen molar-refractivity contribution in [3.63, 3.8) is 0 Å². The molecule has 0 atom stereocenters. The third-order valence-corrected chi connectivity index (χ3v) is 6.27. The molecule has 0 spiro atoms. The van der Waals surface area contributed by atoms with Crippen molar-refractivity contribution in [2.45, 2.75) is 5.41 Å². The van der Waals surface area contributed by atoms with Gasteiger partial charge in [-0.1, -0.05) is 46.3 Å². The molecule has 5 aromatic rings. The van der Waals surface area contributed by atoms with E-state index in [4.69, 9.17) is 5.10 Å². The Morgan fingerprint density at radius 2 is 1.82 bits per heavy atom. The first-order valence-corrected chi connectivity index (χ1v) is 10.3. The van der Waals surface area contributed by atoms with Crippen molar-refractivity contribution < 1.29 is 0 Å². The molecule has 0 bridgehead atoms. The average molecular weight is 447 g/mol. The average Bonchev–Trinajstić information content (AvgIpc) is 3.20. The van der Waals surface area contributed by atoms with Gasteiger partial charge in [0.15, 0.2) is 5.82 Å². The van der Waals surface area contributed by atoms with E-state index in [2.05, 4.69) is 60.4 Å². The van der Waals surface area contributed by atoms with Crippen LogP contribution in [0.4, 0.5) is 0 Å². The van der Waals surface area contributed by atoms with Gasteiger partial charge < -0.3 is 0 Å². The standard InChI is InChI=1S/C20H11BrN6S/c21-14-4-1-12(2-5-14)16-10-22-19-25-24-18(27(19)26-16)20(7-8-20)13-3-6-15-17(9-13)28-11-23-15/h1-11H. The molecule has 0 N–H and O–H groups in total. The molecule has 0 aliphatic heterocycles. The van der Waals surface area contributed by atoms with Gasteiger partial charge in [0.2, 0.25) is 0 Å². The SMILES string of the molecule is Brc1ccc(-c2cnc3nnc(C4(c5ccc6ncsc6c5)C=C4)n3n2)cc1. The monoisotopic (exact) mass is 446 g/mol. The van der Waals surface area contributed by atoms with Crippen LogP contribution in [-0.4, -0.2) is 29.8 Å². The fraction of sp³-hybridized carbons (Fsp3) is 0.0500. The van der Waals surface area contributed by atoms with Gasteiger partial charge in [0.1, 0.15) is 5.69 Å². The molecule has 28 heavy (non-hydrogen) atoms. The first-order valence-electron chi connectivity index (χ1n) is 8.62. The number of benzene rings is 2. The zero-order valence-electron chi connectivity index (χ0n) is 14.3. The van der Waals surface area contributed by atoms with Gasteiger partial charge in [-0.25, -0.2) is 9.97 Å². The van der Waals surface area contributed by atoms with Crippen LogP contribution < -0.4 is 0 Å². The Labute approximate surface area is 171 Å². The van der Waals surface area contributed by atoms with E-state index in [1.807, 2.05) is 35.8 Å². The van der Waals surface area contributed by atoms with E-state index >= 15 is 0 Å². The van der Waals surface area contributed by atoms with E-state index < -0.39 is 5.41 Å². The van der Waals surface area contributed by atoms with Gasteiger partial charge in [-0.05, 0) is 29.8 Å². The summed E-state index contributed by atoms with van der Waals surface area (Å²) in [6, 6.07) is 14.3. The summed E-state index contributed by atoms with van der Waals surface area (Å²) in [6.45, 7) is 0. The molecule has 0 radical (unpaired) electrons. The lowest BCUT2D eigenvalue weighted by Crippen LogP contribution is -2.17. The summed E-state index contributed by atoms with van der Waals surface area (Å²) >= 11 is 5.10.